The Kier molecular flexibility index (Phi) is 33.9. The molecule has 0 aliphatic carbocycles. The van der Waals surface area contributed by atoms with Crippen LogP contribution < -0.4 is 37.2 Å². The van der Waals surface area contributed by atoms with Gasteiger partial charge in [-0.3, -0.25) is 43.2 Å². The Morgan fingerprint density at radius 1 is 0.329 bits per heavy atom. The number of carbonyl (C=O) groups excluding carboxylic acids is 7. The molecule has 0 aromatic rings. The molecule has 0 aromatic carbocycles. The van der Waals surface area contributed by atoms with E-state index in [2.05, 4.69) is 51.1 Å². The van der Waals surface area contributed by atoms with Gasteiger partial charge in [0.25, 0.3) is 0 Å². The van der Waals surface area contributed by atoms with Gasteiger partial charge >= 0.3 is 17.9 Å². The third kappa shape index (κ3) is 31.8. The summed E-state index contributed by atoms with van der Waals surface area (Å²) in [6.07, 6.45) is 9.67. The lowest BCUT2D eigenvalue weighted by atomic mass is 9.98. The second kappa shape index (κ2) is 36.6. The van der Waals surface area contributed by atoms with Crippen molar-refractivity contribution in [1.29, 1.82) is 0 Å². The Bertz CT molecular complexity index is 1750. The average Bonchev–Trinajstić information content (AvgIpc) is 3.26. The minimum Gasteiger partial charge on any atom is -0.481 e. The van der Waals surface area contributed by atoms with E-state index in [4.69, 9.17) is 0 Å². The van der Waals surface area contributed by atoms with Crippen LogP contribution in [0.4, 0.5) is 0 Å². The van der Waals surface area contributed by atoms with Gasteiger partial charge in [-0.05, 0) is 74.0 Å². The summed E-state index contributed by atoms with van der Waals surface area (Å²) in [4.78, 5) is 131. The first-order chi connectivity index (χ1) is 34.0. The normalized spacial score (nSPS) is 14.4. The van der Waals surface area contributed by atoms with Gasteiger partial charge < -0.3 is 52.5 Å². The van der Waals surface area contributed by atoms with Gasteiger partial charge in [0.15, 0.2) is 0 Å². The lowest BCUT2D eigenvalue weighted by Gasteiger charge is -2.29. The number of carboxylic acids is 3. The van der Waals surface area contributed by atoms with Gasteiger partial charge in [-0.1, -0.05) is 141 Å². The van der Waals surface area contributed by atoms with Gasteiger partial charge in [-0.25, -0.2) is 4.79 Å². The Balaban J connectivity index is 6.15. The van der Waals surface area contributed by atoms with Crippen LogP contribution in [0.3, 0.4) is 0 Å². The second-order valence-electron chi connectivity index (χ2n) is 22.2. The standard InChI is InChI=1S/C53H95N7O13/c1-31(2)22-20-18-16-14-13-15-17-19-21-23-43(61)54-37(24-25-44(62)63)47(66)55-38(26-32(3)4)48(67)57-40(28-34(7)8)51(70)60-46(36(11)12)52(71)58-41(30-45(64)65)50(69)56-39(27-33(5)6)49(68)59-42(53(72)73)29-35(9)10/h31-42,46H,13-30H2,1-12H3,(H,54,61)(H,55,66)(H,56,69)(H,57,67)(H,58,71)(H,59,68)(H,60,70)(H,62,63)(H,64,65)(H,72,73)/t37-,38-,39+,40+,41-,42?,46-/m0/s1. The summed E-state index contributed by atoms with van der Waals surface area (Å²) in [6.45, 7) is 22.0. The van der Waals surface area contributed by atoms with Gasteiger partial charge in [0.05, 0.1) is 6.42 Å². The van der Waals surface area contributed by atoms with E-state index in [-0.39, 0.29) is 62.2 Å². The molecular formula is C53H95N7O13. The van der Waals surface area contributed by atoms with Crippen LogP contribution in [-0.4, -0.2) is 117 Å². The van der Waals surface area contributed by atoms with Crippen LogP contribution in [0.15, 0.2) is 0 Å². The van der Waals surface area contributed by atoms with Gasteiger partial charge in [0.1, 0.15) is 42.3 Å². The van der Waals surface area contributed by atoms with Gasteiger partial charge in [-0.15, -0.1) is 0 Å². The summed E-state index contributed by atoms with van der Waals surface area (Å²) in [6, 6.07) is -9.39. The molecule has 7 amide bonds. The highest BCUT2D eigenvalue weighted by Gasteiger charge is 2.36. The number of aliphatic carboxylic acids is 3. The Hall–Kier alpha value is -5.30. The molecule has 0 saturated carbocycles. The monoisotopic (exact) mass is 1040 g/mol. The number of hydrogen-bond donors (Lipinski definition) is 10. The van der Waals surface area contributed by atoms with Crippen LogP contribution in [0.5, 0.6) is 0 Å². The lowest BCUT2D eigenvalue weighted by Crippen LogP contribution is -2.61. The zero-order valence-corrected chi connectivity index (χ0v) is 46.2. The summed E-state index contributed by atoms with van der Waals surface area (Å²) in [7, 11) is 0. The zero-order valence-electron chi connectivity index (χ0n) is 46.2. The molecule has 0 radical (unpaired) electrons. The number of unbranched alkanes of at least 4 members (excludes halogenated alkanes) is 8. The molecule has 0 bridgehead atoms. The molecule has 0 rings (SSSR count). The van der Waals surface area contributed by atoms with E-state index in [9.17, 15) is 63.3 Å². The van der Waals surface area contributed by atoms with E-state index in [0.29, 0.717) is 6.42 Å². The highest BCUT2D eigenvalue weighted by Crippen LogP contribution is 2.16. The van der Waals surface area contributed by atoms with Crippen LogP contribution in [-0.2, 0) is 47.9 Å². The Morgan fingerprint density at radius 3 is 1.07 bits per heavy atom. The fraction of sp³-hybridized carbons (Fsp3) is 0.811. The molecule has 20 nitrogen and oxygen atoms in total. The SMILES string of the molecule is CC(C)CCCCCCCCCCCC(=O)N[C@@H](CCC(=O)O)C(=O)N[C@@H](CC(C)C)C(=O)N[C@H](CC(C)C)C(=O)N[C@H](C(=O)N[C@@H](CC(=O)O)C(=O)N[C@H](CC(C)C)C(=O)NC(CC(C)C)C(=O)O)C(C)C. The Morgan fingerprint density at radius 2 is 0.685 bits per heavy atom. The van der Waals surface area contributed by atoms with Crippen LogP contribution in [0.2, 0.25) is 0 Å². The number of hydrogen-bond acceptors (Lipinski definition) is 10. The number of nitrogens with one attached hydrogen (secondary N) is 7. The second-order valence-corrected chi connectivity index (χ2v) is 22.2. The number of amides is 7. The van der Waals surface area contributed by atoms with Crippen molar-refractivity contribution in [2.45, 2.75) is 241 Å². The van der Waals surface area contributed by atoms with Crippen molar-refractivity contribution in [2.24, 2.45) is 35.5 Å². The summed E-state index contributed by atoms with van der Waals surface area (Å²) < 4.78 is 0. The third-order valence-electron chi connectivity index (χ3n) is 12.1. The fourth-order valence-electron chi connectivity index (χ4n) is 8.20. The molecule has 10 N–H and O–H groups in total. The summed E-state index contributed by atoms with van der Waals surface area (Å²) in [5.41, 5.74) is 0. The number of rotatable bonds is 40. The maximum Gasteiger partial charge on any atom is 0.326 e. The highest BCUT2D eigenvalue weighted by atomic mass is 16.4. The summed E-state index contributed by atoms with van der Waals surface area (Å²) >= 11 is 0. The predicted octanol–water partition coefficient (Wildman–Crippen LogP) is 5.59. The largest absolute Gasteiger partial charge is 0.481 e. The molecule has 7 atom stereocenters. The first kappa shape index (κ1) is 67.7. The van der Waals surface area contributed by atoms with E-state index in [0.717, 1.165) is 31.6 Å². The van der Waals surface area contributed by atoms with E-state index in [1.807, 2.05) is 13.8 Å². The molecular weight excluding hydrogens is 943 g/mol. The molecule has 420 valence electrons. The molecule has 20 heteroatoms. The van der Waals surface area contributed by atoms with Crippen molar-refractivity contribution in [2.75, 3.05) is 0 Å². The van der Waals surface area contributed by atoms with E-state index >= 15 is 0 Å². The number of carboxylic acid groups (broad SMARTS) is 3. The minimum atomic E-state index is -1.74. The van der Waals surface area contributed by atoms with Gasteiger partial charge in [0.2, 0.25) is 41.4 Å². The van der Waals surface area contributed by atoms with E-state index < -0.39 is 120 Å². The highest BCUT2D eigenvalue weighted by molar-refractivity contribution is 5.98. The van der Waals surface area contributed by atoms with Crippen LogP contribution in [0.25, 0.3) is 0 Å². The van der Waals surface area contributed by atoms with Crippen LogP contribution in [0, 0.1) is 35.5 Å². The molecule has 73 heavy (non-hydrogen) atoms. The van der Waals surface area contributed by atoms with E-state index in [1.165, 1.54) is 32.1 Å². The van der Waals surface area contributed by atoms with Crippen molar-refractivity contribution in [3.63, 3.8) is 0 Å². The van der Waals surface area contributed by atoms with Crippen LogP contribution in [0.1, 0.15) is 199 Å². The van der Waals surface area contributed by atoms with Crippen molar-refractivity contribution in [3.05, 3.63) is 0 Å². The maximum absolute atomic E-state index is 14.1. The molecule has 0 aliphatic heterocycles. The molecule has 0 spiro atoms. The first-order valence-electron chi connectivity index (χ1n) is 26.8. The fourth-order valence-corrected chi connectivity index (χ4v) is 8.20. The predicted molar refractivity (Wildman–Crippen MR) is 279 cm³/mol. The van der Waals surface area contributed by atoms with Crippen molar-refractivity contribution < 1.29 is 63.3 Å². The molecule has 0 saturated heterocycles. The molecule has 0 aromatic heterocycles. The quantitative estimate of drug-likeness (QED) is 0.0335. The van der Waals surface area contributed by atoms with Gasteiger partial charge in [-0.2, -0.15) is 0 Å². The smallest absolute Gasteiger partial charge is 0.326 e. The average molecular weight is 1040 g/mol. The zero-order chi connectivity index (χ0) is 56.0. The Labute approximate surface area is 435 Å². The minimum absolute atomic E-state index is 0.0513. The van der Waals surface area contributed by atoms with Crippen molar-refractivity contribution in [3.8, 4) is 0 Å². The molecule has 1 unspecified atom stereocenters. The van der Waals surface area contributed by atoms with Crippen molar-refractivity contribution in [1.82, 2.24) is 37.2 Å². The molecule has 0 heterocycles. The lowest BCUT2D eigenvalue weighted by molar-refractivity contribution is -0.143. The molecule has 0 aliphatic rings. The summed E-state index contributed by atoms with van der Waals surface area (Å²) in [5, 5.41) is 46.9. The topological polar surface area (TPSA) is 316 Å². The number of carbonyl (C=O) groups is 10. The maximum atomic E-state index is 14.1. The van der Waals surface area contributed by atoms with Gasteiger partial charge in [0, 0.05) is 12.8 Å². The first-order valence-corrected chi connectivity index (χ1v) is 26.8. The third-order valence-corrected chi connectivity index (χ3v) is 12.1. The van der Waals surface area contributed by atoms with E-state index in [1.54, 1.807) is 55.4 Å². The van der Waals surface area contributed by atoms with Crippen LogP contribution >= 0.6 is 0 Å². The summed E-state index contributed by atoms with van der Waals surface area (Å²) in [5.74, 6) is -9.95. The molecule has 0 fully saturated rings. The van der Waals surface area contributed by atoms with Crippen molar-refractivity contribution >= 4 is 59.3 Å².